The first-order valence-electron chi connectivity index (χ1n) is 7.18. The van der Waals surface area contributed by atoms with Gasteiger partial charge in [-0.25, -0.2) is 4.98 Å². The van der Waals surface area contributed by atoms with Gasteiger partial charge in [-0.15, -0.1) is 11.3 Å². The van der Waals surface area contributed by atoms with Crippen LogP contribution in [0.3, 0.4) is 0 Å². The topological polar surface area (TPSA) is 76.0 Å². The summed E-state index contributed by atoms with van der Waals surface area (Å²) in [7, 11) is 0. The Balaban J connectivity index is 2.09. The molecule has 0 aliphatic carbocycles. The van der Waals surface area contributed by atoms with Gasteiger partial charge in [-0.1, -0.05) is 6.92 Å². The average molecular weight is 325 g/mol. The van der Waals surface area contributed by atoms with E-state index in [1.807, 2.05) is 31.2 Å². The molecule has 1 N–H and O–H groups in total. The van der Waals surface area contributed by atoms with Gasteiger partial charge in [0, 0.05) is 46.7 Å². The van der Waals surface area contributed by atoms with Gasteiger partial charge < -0.3 is 5.11 Å². The molecular weight excluding hydrogens is 310 g/mol. The lowest BCUT2D eigenvalue weighted by atomic mass is 10.0. The highest BCUT2D eigenvalue weighted by Gasteiger charge is 2.21. The van der Waals surface area contributed by atoms with E-state index in [0.29, 0.717) is 0 Å². The maximum Gasteiger partial charge on any atom is 0.303 e. The van der Waals surface area contributed by atoms with Crippen LogP contribution in [-0.4, -0.2) is 26.0 Å². The summed E-state index contributed by atoms with van der Waals surface area (Å²) in [5.41, 5.74) is 2.76. The van der Waals surface area contributed by atoms with E-state index in [1.165, 1.54) is 11.3 Å². The molecule has 0 aliphatic heterocycles. The van der Waals surface area contributed by atoms with Crippen molar-refractivity contribution in [2.45, 2.75) is 19.3 Å². The third-order valence-corrected chi connectivity index (χ3v) is 4.80. The number of rotatable bonds is 5. The second kappa shape index (κ2) is 6.66. The van der Waals surface area contributed by atoms with E-state index in [-0.39, 0.29) is 12.3 Å². The number of aromatic nitrogens is 3. The zero-order valence-corrected chi connectivity index (χ0v) is 13.3. The Morgan fingerprint density at radius 3 is 2.22 bits per heavy atom. The van der Waals surface area contributed by atoms with Gasteiger partial charge in [0.25, 0.3) is 0 Å². The van der Waals surface area contributed by atoms with Crippen LogP contribution in [0.25, 0.3) is 21.8 Å². The number of carboxylic acids is 1. The average Bonchev–Trinajstić information content (AvgIpc) is 3.01. The Kier molecular flexibility index (Phi) is 4.43. The first kappa shape index (κ1) is 15.3. The molecule has 0 bridgehead atoms. The van der Waals surface area contributed by atoms with E-state index in [0.717, 1.165) is 26.7 Å². The minimum atomic E-state index is -0.808. The van der Waals surface area contributed by atoms with Crippen molar-refractivity contribution in [1.29, 1.82) is 0 Å². The van der Waals surface area contributed by atoms with Crippen molar-refractivity contribution in [2.75, 3.05) is 0 Å². The van der Waals surface area contributed by atoms with Gasteiger partial charge in [0.1, 0.15) is 5.01 Å². The van der Waals surface area contributed by atoms with Crippen LogP contribution in [0, 0.1) is 0 Å². The lowest BCUT2D eigenvalue weighted by molar-refractivity contribution is -0.137. The maximum atomic E-state index is 11.1. The summed E-state index contributed by atoms with van der Waals surface area (Å²) in [6, 6.07) is 7.59. The van der Waals surface area contributed by atoms with Gasteiger partial charge in [0.05, 0.1) is 12.1 Å². The molecule has 0 spiro atoms. The molecule has 3 rings (SSSR count). The van der Waals surface area contributed by atoms with E-state index in [2.05, 4.69) is 9.97 Å². The molecule has 0 fully saturated rings. The molecule has 1 atom stereocenters. The number of pyridine rings is 2. The van der Waals surface area contributed by atoms with Crippen LogP contribution < -0.4 is 0 Å². The van der Waals surface area contributed by atoms with E-state index in [4.69, 9.17) is 10.1 Å². The van der Waals surface area contributed by atoms with Crippen molar-refractivity contribution in [3.63, 3.8) is 0 Å². The highest BCUT2D eigenvalue weighted by molar-refractivity contribution is 7.15. The monoisotopic (exact) mass is 325 g/mol. The Morgan fingerprint density at radius 1 is 1.09 bits per heavy atom. The number of aliphatic carboxylic acids is 1. The SMILES string of the molecule is CC(CC(=O)O)c1sc(-c2ccncc2)nc1-c1ccncc1. The highest BCUT2D eigenvalue weighted by Crippen LogP contribution is 2.38. The lowest BCUT2D eigenvalue weighted by Crippen LogP contribution is -2.02. The predicted molar refractivity (Wildman–Crippen MR) is 89.2 cm³/mol. The standard InChI is InChI=1S/C17H15N3O2S/c1-11(10-14(21)22)16-15(12-2-6-18-7-3-12)20-17(23-16)13-4-8-19-9-5-13/h2-9,11H,10H2,1H3,(H,21,22). The number of hydrogen-bond acceptors (Lipinski definition) is 5. The van der Waals surface area contributed by atoms with Crippen molar-refractivity contribution in [3.8, 4) is 21.8 Å². The molecule has 23 heavy (non-hydrogen) atoms. The fourth-order valence-corrected chi connectivity index (χ4v) is 3.50. The summed E-state index contributed by atoms with van der Waals surface area (Å²) in [4.78, 5) is 24.9. The quantitative estimate of drug-likeness (QED) is 0.771. The molecule has 3 aromatic rings. The Morgan fingerprint density at radius 2 is 1.65 bits per heavy atom. The zero-order valence-electron chi connectivity index (χ0n) is 12.5. The normalized spacial score (nSPS) is 12.0. The first-order valence-corrected chi connectivity index (χ1v) is 8.00. The Labute approximate surface area is 137 Å². The minimum absolute atomic E-state index is 0.0794. The summed E-state index contributed by atoms with van der Waals surface area (Å²) in [6.07, 6.45) is 6.96. The predicted octanol–water partition coefficient (Wildman–Crippen LogP) is 3.85. The third kappa shape index (κ3) is 3.43. The summed E-state index contributed by atoms with van der Waals surface area (Å²) in [5, 5.41) is 9.96. The smallest absolute Gasteiger partial charge is 0.303 e. The van der Waals surface area contributed by atoms with E-state index in [9.17, 15) is 4.79 Å². The summed E-state index contributed by atoms with van der Waals surface area (Å²) < 4.78 is 0. The number of nitrogens with zero attached hydrogens (tertiary/aromatic N) is 3. The van der Waals surface area contributed by atoms with Crippen molar-refractivity contribution in [3.05, 3.63) is 53.9 Å². The molecule has 3 heterocycles. The number of thiazole rings is 1. The van der Waals surface area contributed by atoms with Crippen LogP contribution in [0.15, 0.2) is 49.1 Å². The van der Waals surface area contributed by atoms with Crippen LogP contribution in [0.1, 0.15) is 24.1 Å². The molecular formula is C17H15N3O2S. The van der Waals surface area contributed by atoms with Gasteiger partial charge in [0.2, 0.25) is 0 Å². The molecule has 3 aromatic heterocycles. The number of hydrogen-bond donors (Lipinski definition) is 1. The van der Waals surface area contributed by atoms with Crippen LogP contribution in [0.5, 0.6) is 0 Å². The second-order valence-electron chi connectivity index (χ2n) is 5.20. The molecule has 5 nitrogen and oxygen atoms in total. The summed E-state index contributed by atoms with van der Waals surface area (Å²) in [6.45, 7) is 1.92. The van der Waals surface area contributed by atoms with E-state index < -0.39 is 5.97 Å². The molecule has 0 saturated heterocycles. The minimum Gasteiger partial charge on any atom is -0.481 e. The fraction of sp³-hybridized carbons (Fsp3) is 0.176. The Hall–Kier alpha value is -2.60. The van der Waals surface area contributed by atoms with Crippen LogP contribution in [-0.2, 0) is 4.79 Å². The lowest BCUT2D eigenvalue weighted by Gasteiger charge is -2.08. The van der Waals surface area contributed by atoms with Crippen LogP contribution >= 0.6 is 11.3 Å². The van der Waals surface area contributed by atoms with Crippen LogP contribution in [0.4, 0.5) is 0 Å². The van der Waals surface area contributed by atoms with Gasteiger partial charge in [-0.05, 0) is 24.3 Å². The second-order valence-corrected chi connectivity index (χ2v) is 6.23. The number of carbonyl (C=O) groups is 1. The van der Waals surface area contributed by atoms with Crippen molar-refractivity contribution < 1.29 is 9.90 Å². The van der Waals surface area contributed by atoms with Crippen molar-refractivity contribution in [1.82, 2.24) is 15.0 Å². The molecule has 0 aromatic carbocycles. The highest BCUT2D eigenvalue weighted by atomic mass is 32.1. The van der Waals surface area contributed by atoms with Gasteiger partial charge >= 0.3 is 5.97 Å². The molecule has 0 amide bonds. The zero-order chi connectivity index (χ0) is 16.2. The first-order chi connectivity index (χ1) is 11.1. The van der Waals surface area contributed by atoms with E-state index in [1.54, 1.807) is 24.8 Å². The molecule has 0 aliphatic rings. The van der Waals surface area contributed by atoms with E-state index >= 15 is 0 Å². The molecule has 0 saturated carbocycles. The largest absolute Gasteiger partial charge is 0.481 e. The van der Waals surface area contributed by atoms with Gasteiger partial charge in [0.15, 0.2) is 0 Å². The molecule has 6 heteroatoms. The van der Waals surface area contributed by atoms with Gasteiger partial charge in [-0.3, -0.25) is 14.8 Å². The van der Waals surface area contributed by atoms with Crippen molar-refractivity contribution >= 4 is 17.3 Å². The molecule has 116 valence electrons. The molecule has 1 unspecified atom stereocenters. The summed E-state index contributed by atoms with van der Waals surface area (Å²) in [5.74, 6) is -0.916. The molecule has 0 radical (unpaired) electrons. The fourth-order valence-electron chi connectivity index (χ4n) is 2.36. The Bertz CT molecular complexity index is 803. The third-order valence-electron chi connectivity index (χ3n) is 3.46. The van der Waals surface area contributed by atoms with Gasteiger partial charge in [-0.2, -0.15) is 0 Å². The number of carboxylic acid groups (broad SMARTS) is 1. The van der Waals surface area contributed by atoms with Crippen molar-refractivity contribution in [2.24, 2.45) is 0 Å². The summed E-state index contributed by atoms with van der Waals surface area (Å²) >= 11 is 1.53. The van der Waals surface area contributed by atoms with Crippen LogP contribution in [0.2, 0.25) is 0 Å². The maximum absolute atomic E-state index is 11.1.